The van der Waals surface area contributed by atoms with Crippen LogP contribution in [-0.4, -0.2) is 15.8 Å². The molecule has 3 aromatic rings. The first-order valence-corrected chi connectivity index (χ1v) is 8.10. The molecule has 0 aliphatic rings. The largest absolute Gasteiger partial charge is 0.469 e. The highest BCUT2D eigenvalue weighted by Gasteiger charge is 2.33. The maximum Gasteiger partial charge on any atom is 0.416 e. The summed E-state index contributed by atoms with van der Waals surface area (Å²) in [7, 11) is 0. The molecule has 2 heterocycles. The van der Waals surface area contributed by atoms with E-state index >= 15 is 0 Å². The maximum absolute atomic E-state index is 14.2. The Labute approximate surface area is 160 Å². The molecule has 0 atom stereocenters. The van der Waals surface area contributed by atoms with E-state index in [2.05, 4.69) is 5.10 Å². The van der Waals surface area contributed by atoms with Crippen molar-refractivity contribution in [3.05, 3.63) is 63.9 Å². The fraction of sp³-hybridized carbons (Fsp3) is 0.176. The molecule has 3 rings (SSSR count). The van der Waals surface area contributed by atoms with Crippen LogP contribution in [0.4, 0.5) is 22.4 Å². The molecule has 0 unspecified atom stereocenters. The quantitative estimate of drug-likeness (QED) is 0.612. The van der Waals surface area contributed by atoms with E-state index < -0.39 is 34.4 Å². The summed E-state index contributed by atoms with van der Waals surface area (Å²) in [6.45, 7) is 1.52. The van der Waals surface area contributed by atoms with Gasteiger partial charge in [-0.25, -0.2) is 9.18 Å². The number of hydrogen-bond acceptors (Lipinski definition) is 4. The number of carbonyl (C=O) groups is 1. The Bertz CT molecular complexity index is 1010. The molecule has 0 radical (unpaired) electrons. The first-order chi connectivity index (χ1) is 13.1. The Morgan fingerprint density at radius 1 is 1.39 bits per heavy atom. The minimum atomic E-state index is -4.78. The lowest BCUT2D eigenvalue weighted by atomic mass is 10.1. The van der Waals surface area contributed by atoms with E-state index in [1.54, 1.807) is 12.1 Å². The van der Waals surface area contributed by atoms with Crippen LogP contribution in [0.5, 0.6) is 11.6 Å². The summed E-state index contributed by atoms with van der Waals surface area (Å²) in [4.78, 5) is 11.5. The molecule has 0 aliphatic heterocycles. The van der Waals surface area contributed by atoms with Crippen LogP contribution < -0.4 is 10.5 Å². The molecular formula is C17H12ClF4N3O3. The molecule has 0 aliphatic carbocycles. The highest BCUT2D eigenvalue weighted by Crippen LogP contribution is 2.39. The number of benzene rings is 1. The third kappa shape index (κ3) is 3.81. The summed E-state index contributed by atoms with van der Waals surface area (Å²) in [5.41, 5.74) is 4.60. The molecule has 2 aromatic heterocycles. The van der Waals surface area contributed by atoms with Gasteiger partial charge in [0.05, 0.1) is 22.5 Å². The molecule has 1 aromatic carbocycles. The monoisotopic (exact) mass is 417 g/mol. The number of nitrogens with two attached hydrogens (primary N) is 1. The van der Waals surface area contributed by atoms with Crippen molar-refractivity contribution in [3.63, 3.8) is 0 Å². The highest BCUT2D eigenvalue weighted by molar-refractivity contribution is 6.32. The van der Waals surface area contributed by atoms with Gasteiger partial charge in [0.2, 0.25) is 5.88 Å². The van der Waals surface area contributed by atoms with Gasteiger partial charge in [-0.05, 0) is 31.2 Å². The van der Waals surface area contributed by atoms with Gasteiger partial charge in [0.1, 0.15) is 5.76 Å². The average molecular weight is 418 g/mol. The van der Waals surface area contributed by atoms with Gasteiger partial charge in [0.25, 0.3) is 0 Å². The van der Waals surface area contributed by atoms with Crippen LogP contribution in [-0.2, 0) is 12.6 Å². The summed E-state index contributed by atoms with van der Waals surface area (Å²) in [5.74, 6) is -1.76. The van der Waals surface area contributed by atoms with Crippen LogP contribution in [0.2, 0.25) is 5.02 Å². The number of aromatic nitrogens is 2. The average Bonchev–Trinajstić information content (AvgIpc) is 3.20. The molecular weight excluding hydrogens is 406 g/mol. The van der Waals surface area contributed by atoms with E-state index in [1.165, 1.54) is 13.2 Å². The predicted molar refractivity (Wildman–Crippen MR) is 89.9 cm³/mol. The standard InChI is InChI=1S/C17H12ClF4N3O3/c1-8-11(7-10-3-2-4-27-10)15(24-25(8)16(23)26)28-14-12(18)5-9(6-13(14)19)17(20,21)22/h2-6H,7H2,1H3,(H2,23,26). The number of nitrogens with zero attached hydrogens (tertiary/aromatic N) is 2. The number of amides is 1. The normalized spacial score (nSPS) is 11.6. The second kappa shape index (κ2) is 7.19. The van der Waals surface area contributed by atoms with Gasteiger partial charge < -0.3 is 14.9 Å². The molecule has 0 saturated carbocycles. The lowest BCUT2D eigenvalue weighted by Crippen LogP contribution is -2.22. The van der Waals surface area contributed by atoms with Crippen molar-refractivity contribution in [2.24, 2.45) is 5.73 Å². The molecule has 28 heavy (non-hydrogen) atoms. The molecule has 2 N–H and O–H groups in total. The Morgan fingerprint density at radius 3 is 2.64 bits per heavy atom. The zero-order chi connectivity index (χ0) is 20.6. The van der Waals surface area contributed by atoms with Gasteiger partial charge in [-0.3, -0.25) is 0 Å². The molecule has 6 nitrogen and oxygen atoms in total. The zero-order valence-electron chi connectivity index (χ0n) is 14.2. The van der Waals surface area contributed by atoms with Crippen molar-refractivity contribution in [3.8, 4) is 11.6 Å². The Balaban J connectivity index is 2.05. The second-order valence-corrected chi connectivity index (χ2v) is 6.15. The summed E-state index contributed by atoms with van der Waals surface area (Å²) in [6, 6.07) is 3.15. The number of furan rings is 1. The molecule has 0 fully saturated rings. The van der Waals surface area contributed by atoms with Gasteiger partial charge in [0.15, 0.2) is 11.6 Å². The van der Waals surface area contributed by atoms with E-state index in [9.17, 15) is 22.4 Å². The molecule has 0 spiro atoms. The first kappa shape index (κ1) is 19.7. The number of hydrogen-bond donors (Lipinski definition) is 1. The van der Waals surface area contributed by atoms with Gasteiger partial charge in [0, 0.05) is 12.0 Å². The molecule has 0 bridgehead atoms. The van der Waals surface area contributed by atoms with E-state index in [0.29, 0.717) is 23.1 Å². The number of carbonyl (C=O) groups excluding carboxylic acids is 1. The fourth-order valence-corrected chi connectivity index (χ4v) is 2.76. The van der Waals surface area contributed by atoms with Gasteiger partial charge in [-0.1, -0.05) is 11.6 Å². The van der Waals surface area contributed by atoms with Crippen molar-refractivity contribution in [1.82, 2.24) is 9.78 Å². The van der Waals surface area contributed by atoms with Crippen molar-refractivity contribution in [1.29, 1.82) is 0 Å². The summed E-state index contributed by atoms with van der Waals surface area (Å²) in [6.07, 6.45) is -3.24. The molecule has 0 saturated heterocycles. The maximum atomic E-state index is 14.2. The van der Waals surface area contributed by atoms with Crippen molar-refractivity contribution in [2.75, 3.05) is 0 Å². The van der Waals surface area contributed by atoms with Gasteiger partial charge in [-0.15, -0.1) is 5.10 Å². The van der Waals surface area contributed by atoms with Crippen molar-refractivity contribution >= 4 is 17.6 Å². The second-order valence-electron chi connectivity index (χ2n) is 5.74. The van der Waals surface area contributed by atoms with Crippen LogP contribution in [0.3, 0.4) is 0 Å². The minimum Gasteiger partial charge on any atom is -0.469 e. The van der Waals surface area contributed by atoms with Crippen LogP contribution in [0.1, 0.15) is 22.6 Å². The van der Waals surface area contributed by atoms with Crippen molar-refractivity contribution < 1.29 is 31.5 Å². The Morgan fingerprint density at radius 2 is 2.11 bits per heavy atom. The zero-order valence-corrected chi connectivity index (χ0v) is 14.9. The fourth-order valence-electron chi connectivity index (χ4n) is 2.51. The lowest BCUT2D eigenvalue weighted by Gasteiger charge is -2.12. The van der Waals surface area contributed by atoms with Crippen LogP contribution in [0.25, 0.3) is 0 Å². The summed E-state index contributed by atoms with van der Waals surface area (Å²) < 4.78 is 64.0. The van der Waals surface area contributed by atoms with Gasteiger partial charge >= 0.3 is 12.2 Å². The third-order valence-electron chi connectivity index (χ3n) is 3.87. The van der Waals surface area contributed by atoms with Crippen LogP contribution in [0, 0.1) is 12.7 Å². The lowest BCUT2D eigenvalue weighted by molar-refractivity contribution is -0.137. The molecule has 148 valence electrons. The smallest absolute Gasteiger partial charge is 0.416 e. The highest BCUT2D eigenvalue weighted by atomic mass is 35.5. The van der Waals surface area contributed by atoms with E-state index in [-0.39, 0.29) is 18.4 Å². The Kier molecular flexibility index (Phi) is 5.07. The number of primary amides is 1. The number of alkyl halides is 3. The van der Waals surface area contributed by atoms with Crippen LogP contribution in [0.15, 0.2) is 34.9 Å². The summed E-state index contributed by atoms with van der Waals surface area (Å²) >= 11 is 5.79. The van der Waals surface area contributed by atoms with E-state index in [0.717, 1.165) is 4.68 Å². The van der Waals surface area contributed by atoms with Gasteiger partial charge in [-0.2, -0.15) is 17.9 Å². The molecule has 1 amide bonds. The number of halogens is 5. The third-order valence-corrected chi connectivity index (χ3v) is 4.15. The van der Waals surface area contributed by atoms with Crippen LogP contribution >= 0.6 is 11.6 Å². The Hall–Kier alpha value is -3.01. The predicted octanol–water partition coefficient (Wildman–Crippen LogP) is 4.91. The first-order valence-electron chi connectivity index (χ1n) is 7.72. The SMILES string of the molecule is Cc1c(Cc2ccco2)c(Oc2c(F)cc(C(F)(F)F)cc2Cl)nn1C(N)=O. The summed E-state index contributed by atoms with van der Waals surface area (Å²) in [5, 5.41) is 3.26. The number of rotatable bonds is 4. The minimum absolute atomic E-state index is 0.112. The topological polar surface area (TPSA) is 83.3 Å². The number of ether oxygens (including phenoxy) is 1. The van der Waals surface area contributed by atoms with E-state index in [1.807, 2.05) is 0 Å². The molecule has 11 heteroatoms. The van der Waals surface area contributed by atoms with Crippen molar-refractivity contribution in [2.45, 2.75) is 19.5 Å². The van der Waals surface area contributed by atoms with E-state index in [4.69, 9.17) is 26.5 Å².